The second-order valence-electron chi connectivity index (χ2n) is 8.04. The summed E-state index contributed by atoms with van der Waals surface area (Å²) in [6, 6.07) is 0.431. The van der Waals surface area contributed by atoms with E-state index in [0.29, 0.717) is 17.4 Å². The summed E-state index contributed by atoms with van der Waals surface area (Å²) in [5.74, 6) is 2.76. The van der Waals surface area contributed by atoms with Gasteiger partial charge in [-0.3, -0.25) is 4.79 Å². The highest BCUT2D eigenvalue weighted by molar-refractivity contribution is 5.76. The minimum atomic E-state index is 0.283. The summed E-state index contributed by atoms with van der Waals surface area (Å²) in [4.78, 5) is 12.2. The number of rotatable bonds is 4. The maximum absolute atomic E-state index is 12.2. The minimum absolute atomic E-state index is 0.283. The molecule has 3 rings (SSSR count). The number of carbonyl (C=O) groups excluding carboxylic acids is 1. The Morgan fingerprint density at radius 2 is 2.15 bits per heavy atom. The predicted molar refractivity (Wildman–Crippen MR) is 81.4 cm³/mol. The first kappa shape index (κ1) is 14.4. The standard InChI is InChI=1S/C17H30N2O/c1-17(2)6-3-7-18-15(17)11-19-16(20)10-14-9-12-4-5-13(14)8-12/h12-15,18H,3-11H2,1-2H3,(H,19,20). The van der Waals surface area contributed by atoms with Crippen LogP contribution in [-0.2, 0) is 4.79 Å². The third-order valence-electron chi connectivity index (χ3n) is 6.17. The fraction of sp³-hybridized carbons (Fsp3) is 0.941. The van der Waals surface area contributed by atoms with Gasteiger partial charge in [-0.15, -0.1) is 0 Å². The molecule has 1 amide bonds. The van der Waals surface area contributed by atoms with Crippen molar-refractivity contribution in [2.45, 2.75) is 64.8 Å². The normalized spacial score (nSPS) is 38.9. The van der Waals surface area contributed by atoms with Gasteiger partial charge in [0.05, 0.1) is 0 Å². The first-order valence-electron chi connectivity index (χ1n) is 8.55. The molecule has 3 heteroatoms. The van der Waals surface area contributed by atoms with Gasteiger partial charge in [0.25, 0.3) is 0 Å². The summed E-state index contributed by atoms with van der Waals surface area (Å²) >= 11 is 0. The lowest BCUT2D eigenvalue weighted by atomic mass is 9.77. The first-order chi connectivity index (χ1) is 9.54. The molecule has 1 saturated heterocycles. The molecule has 2 bridgehead atoms. The third kappa shape index (κ3) is 3.03. The Morgan fingerprint density at radius 3 is 2.80 bits per heavy atom. The van der Waals surface area contributed by atoms with Gasteiger partial charge in [0.1, 0.15) is 0 Å². The number of carbonyl (C=O) groups is 1. The van der Waals surface area contributed by atoms with Gasteiger partial charge >= 0.3 is 0 Å². The van der Waals surface area contributed by atoms with E-state index in [2.05, 4.69) is 24.5 Å². The van der Waals surface area contributed by atoms with Gasteiger partial charge in [0.2, 0.25) is 5.91 Å². The number of nitrogens with one attached hydrogen (secondary N) is 2. The monoisotopic (exact) mass is 278 g/mol. The maximum atomic E-state index is 12.2. The van der Waals surface area contributed by atoms with Crippen molar-refractivity contribution in [1.29, 1.82) is 0 Å². The van der Waals surface area contributed by atoms with E-state index >= 15 is 0 Å². The lowest BCUT2D eigenvalue weighted by Gasteiger charge is -2.39. The lowest BCUT2D eigenvalue weighted by molar-refractivity contribution is -0.122. The molecule has 2 saturated carbocycles. The van der Waals surface area contributed by atoms with Gasteiger partial charge in [0.15, 0.2) is 0 Å². The molecule has 0 aromatic rings. The summed E-state index contributed by atoms with van der Waals surface area (Å²) < 4.78 is 0. The second kappa shape index (κ2) is 5.67. The van der Waals surface area contributed by atoms with Crippen LogP contribution in [0.5, 0.6) is 0 Å². The van der Waals surface area contributed by atoms with E-state index in [1.54, 1.807) is 0 Å². The van der Waals surface area contributed by atoms with Crippen LogP contribution in [0.25, 0.3) is 0 Å². The van der Waals surface area contributed by atoms with Gasteiger partial charge in [-0.05, 0) is 61.8 Å². The molecule has 0 aromatic carbocycles. The molecule has 4 atom stereocenters. The smallest absolute Gasteiger partial charge is 0.220 e. The van der Waals surface area contributed by atoms with Crippen LogP contribution < -0.4 is 10.6 Å². The van der Waals surface area contributed by atoms with Crippen LogP contribution in [0.1, 0.15) is 58.8 Å². The van der Waals surface area contributed by atoms with Crippen molar-refractivity contribution in [3.63, 3.8) is 0 Å². The fourth-order valence-corrected chi connectivity index (χ4v) is 4.77. The molecular weight excluding hydrogens is 248 g/mol. The molecule has 20 heavy (non-hydrogen) atoms. The van der Waals surface area contributed by atoms with Crippen molar-refractivity contribution in [2.75, 3.05) is 13.1 Å². The molecule has 3 aliphatic rings. The minimum Gasteiger partial charge on any atom is -0.355 e. The summed E-state index contributed by atoms with van der Waals surface area (Å²) in [5.41, 5.74) is 0.304. The third-order valence-corrected chi connectivity index (χ3v) is 6.17. The molecule has 114 valence electrons. The Kier molecular flexibility index (Phi) is 4.07. The highest BCUT2D eigenvalue weighted by Crippen LogP contribution is 2.49. The maximum Gasteiger partial charge on any atom is 0.220 e. The Balaban J connectivity index is 1.43. The zero-order valence-electron chi connectivity index (χ0n) is 13.1. The molecule has 1 aliphatic heterocycles. The van der Waals surface area contributed by atoms with E-state index in [1.165, 1.54) is 38.5 Å². The highest BCUT2D eigenvalue weighted by atomic mass is 16.1. The molecule has 3 nitrogen and oxygen atoms in total. The Bertz CT molecular complexity index is 366. The quantitative estimate of drug-likeness (QED) is 0.830. The molecule has 2 N–H and O–H groups in total. The van der Waals surface area contributed by atoms with E-state index in [9.17, 15) is 4.79 Å². The van der Waals surface area contributed by atoms with Gasteiger partial charge in [0, 0.05) is 19.0 Å². The summed E-state index contributed by atoms with van der Waals surface area (Å²) in [6.45, 7) is 6.51. The summed E-state index contributed by atoms with van der Waals surface area (Å²) in [6.07, 6.45) is 8.78. The second-order valence-corrected chi connectivity index (χ2v) is 8.04. The largest absolute Gasteiger partial charge is 0.355 e. The molecular formula is C17H30N2O. The predicted octanol–water partition coefficient (Wildman–Crippen LogP) is 2.71. The number of hydrogen-bond donors (Lipinski definition) is 2. The molecule has 3 fully saturated rings. The molecule has 0 radical (unpaired) electrons. The average Bonchev–Trinajstić information content (AvgIpc) is 2.99. The SMILES string of the molecule is CC1(C)CCCNC1CNC(=O)CC1CC2CCC1C2. The Hall–Kier alpha value is -0.570. The number of fused-ring (bicyclic) bond motifs is 2. The van der Waals surface area contributed by atoms with Crippen LogP contribution >= 0.6 is 0 Å². The topological polar surface area (TPSA) is 41.1 Å². The molecule has 1 heterocycles. The van der Waals surface area contributed by atoms with Gasteiger partial charge in [-0.25, -0.2) is 0 Å². The average molecular weight is 278 g/mol. The summed E-state index contributed by atoms with van der Waals surface area (Å²) in [7, 11) is 0. The van der Waals surface area contributed by atoms with E-state index < -0.39 is 0 Å². The van der Waals surface area contributed by atoms with E-state index in [-0.39, 0.29) is 5.91 Å². The Morgan fingerprint density at radius 1 is 1.30 bits per heavy atom. The fourth-order valence-electron chi connectivity index (χ4n) is 4.77. The van der Waals surface area contributed by atoms with Crippen LogP contribution in [0.3, 0.4) is 0 Å². The van der Waals surface area contributed by atoms with Crippen LogP contribution in [0.2, 0.25) is 0 Å². The van der Waals surface area contributed by atoms with Crippen molar-refractivity contribution in [2.24, 2.45) is 23.2 Å². The van der Waals surface area contributed by atoms with Crippen molar-refractivity contribution in [3.05, 3.63) is 0 Å². The van der Waals surface area contributed by atoms with Crippen molar-refractivity contribution in [3.8, 4) is 0 Å². The molecule has 0 spiro atoms. The van der Waals surface area contributed by atoms with Crippen molar-refractivity contribution < 1.29 is 4.79 Å². The lowest BCUT2D eigenvalue weighted by Crippen LogP contribution is -2.52. The van der Waals surface area contributed by atoms with Crippen LogP contribution in [0.15, 0.2) is 0 Å². The zero-order chi connectivity index (χ0) is 14.2. The molecule has 2 aliphatic carbocycles. The number of amides is 1. The van der Waals surface area contributed by atoms with Crippen molar-refractivity contribution in [1.82, 2.24) is 10.6 Å². The van der Waals surface area contributed by atoms with Gasteiger partial charge in [-0.2, -0.15) is 0 Å². The highest BCUT2D eigenvalue weighted by Gasteiger charge is 2.40. The summed E-state index contributed by atoms with van der Waals surface area (Å²) in [5, 5.41) is 6.76. The van der Waals surface area contributed by atoms with Crippen LogP contribution in [0, 0.1) is 23.2 Å². The van der Waals surface area contributed by atoms with Crippen LogP contribution in [0.4, 0.5) is 0 Å². The van der Waals surface area contributed by atoms with Crippen LogP contribution in [-0.4, -0.2) is 25.0 Å². The zero-order valence-corrected chi connectivity index (χ0v) is 13.1. The van der Waals surface area contributed by atoms with Gasteiger partial charge in [-0.1, -0.05) is 20.3 Å². The molecule has 4 unspecified atom stereocenters. The van der Waals surface area contributed by atoms with Crippen molar-refractivity contribution >= 4 is 5.91 Å². The Labute approximate surface area is 123 Å². The first-order valence-corrected chi connectivity index (χ1v) is 8.55. The number of piperidine rings is 1. The van der Waals surface area contributed by atoms with E-state index in [0.717, 1.165) is 31.3 Å². The van der Waals surface area contributed by atoms with E-state index in [1.807, 2.05) is 0 Å². The van der Waals surface area contributed by atoms with E-state index in [4.69, 9.17) is 0 Å². The molecule has 0 aromatic heterocycles. The number of hydrogen-bond acceptors (Lipinski definition) is 2. The van der Waals surface area contributed by atoms with Gasteiger partial charge < -0.3 is 10.6 Å².